The Kier molecular flexibility index (Phi) is 5.43. The maximum atomic E-state index is 13.1. The van der Waals surface area contributed by atoms with E-state index in [1.807, 2.05) is 0 Å². The number of carbonyl (C=O) groups excluding carboxylic acids is 1. The summed E-state index contributed by atoms with van der Waals surface area (Å²) in [6.07, 6.45) is 0. The second-order valence-electron chi connectivity index (χ2n) is 6.43. The first-order chi connectivity index (χ1) is 13.8. The van der Waals surface area contributed by atoms with E-state index in [-0.39, 0.29) is 42.1 Å². The maximum Gasteiger partial charge on any atom is 0.271 e. The summed E-state index contributed by atoms with van der Waals surface area (Å²) < 4.78 is 40.3. The van der Waals surface area contributed by atoms with Crippen LogP contribution in [0.2, 0.25) is 4.34 Å². The zero-order chi connectivity index (χ0) is 20.6. The fraction of sp³-hybridized carbons (Fsp3) is 0.222. The average molecular weight is 455 g/mol. The van der Waals surface area contributed by atoms with E-state index in [2.05, 4.69) is 10.2 Å². The highest BCUT2D eigenvalue weighted by Gasteiger charge is 2.31. The Morgan fingerprint density at radius 3 is 2.41 bits per heavy atom. The van der Waals surface area contributed by atoms with Crippen LogP contribution in [-0.4, -0.2) is 59.9 Å². The first-order valence-corrected chi connectivity index (χ1v) is 11.3. The predicted octanol–water partition coefficient (Wildman–Crippen LogP) is 3.08. The van der Waals surface area contributed by atoms with Crippen molar-refractivity contribution in [1.82, 2.24) is 19.4 Å². The highest BCUT2D eigenvalue weighted by molar-refractivity contribution is 7.91. The molecular weight excluding hydrogens is 439 g/mol. The Hall–Kier alpha value is -2.27. The number of nitrogens with zero attached hydrogens (tertiary/aromatic N) is 3. The molecule has 0 bridgehead atoms. The molecule has 0 aliphatic carbocycles. The van der Waals surface area contributed by atoms with E-state index in [0.29, 0.717) is 21.3 Å². The molecule has 11 heteroatoms. The number of piperazine rings is 1. The van der Waals surface area contributed by atoms with Gasteiger partial charge in [-0.05, 0) is 42.5 Å². The highest BCUT2D eigenvalue weighted by atomic mass is 35.5. The Bertz CT molecular complexity index is 1140. The van der Waals surface area contributed by atoms with Crippen LogP contribution in [0.3, 0.4) is 0 Å². The number of nitrogens with one attached hydrogen (secondary N) is 1. The molecule has 0 saturated carbocycles. The van der Waals surface area contributed by atoms with Crippen LogP contribution < -0.4 is 0 Å². The van der Waals surface area contributed by atoms with Gasteiger partial charge in [0.1, 0.15) is 15.7 Å². The van der Waals surface area contributed by atoms with Gasteiger partial charge in [-0.25, -0.2) is 12.8 Å². The molecule has 1 fully saturated rings. The van der Waals surface area contributed by atoms with Crippen molar-refractivity contribution in [3.05, 3.63) is 58.3 Å². The van der Waals surface area contributed by atoms with Gasteiger partial charge >= 0.3 is 0 Å². The number of thiophene rings is 1. The molecule has 7 nitrogen and oxygen atoms in total. The number of rotatable bonds is 4. The second-order valence-corrected chi connectivity index (χ2v) is 10.3. The molecule has 29 heavy (non-hydrogen) atoms. The molecule has 3 aromatic rings. The SMILES string of the molecule is O=C(c1cc(-c2ccc(F)cc2)n[nH]1)N1CCN(S(=O)(=O)c2ccc(Cl)s2)CC1. The summed E-state index contributed by atoms with van der Waals surface area (Å²) in [6, 6.07) is 10.5. The molecule has 3 heterocycles. The zero-order valence-electron chi connectivity index (χ0n) is 15.0. The minimum Gasteiger partial charge on any atom is -0.335 e. The van der Waals surface area contributed by atoms with Crippen molar-refractivity contribution in [2.24, 2.45) is 0 Å². The Labute approximate surface area is 175 Å². The summed E-state index contributed by atoms with van der Waals surface area (Å²) in [4.78, 5) is 14.3. The van der Waals surface area contributed by atoms with Gasteiger partial charge in [-0.2, -0.15) is 9.40 Å². The number of halogens is 2. The normalized spacial score (nSPS) is 15.6. The number of benzene rings is 1. The van der Waals surface area contributed by atoms with E-state index in [1.165, 1.54) is 22.5 Å². The van der Waals surface area contributed by atoms with Crippen LogP contribution in [0.15, 0.2) is 46.7 Å². The van der Waals surface area contributed by atoms with Crippen molar-refractivity contribution >= 4 is 38.9 Å². The van der Waals surface area contributed by atoms with Gasteiger partial charge in [0, 0.05) is 31.7 Å². The van der Waals surface area contributed by atoms with Gasteiger partial charge in [-0.3, -0.25) is 9.89 Å². The number of hydrogen-bond donors (Lipinski definition) is 1. The van der Waals surface area contributed by atoms with Crippen LogP contribution in [0.4, 0.5) is 4.39 Å². The largest absolute Gasteiger partial charge is 0.335 e. The zero-order valence-corrected chi connectivity index (χ0v) is 17.4. The quantitative estimate of drug-likeness (QED) is 0.656. The first kappa shape index (κ1) is 20.0. The van der Waals surface area contributed by atoms with Gasteiger partial charge in [0.05, 0.1) is 10.0 Å². The van der Waals surface area contributed by atoms with E-state index < -0.39 is 10.0 Å². The lowest BCUT2D eigenvalue weighted by atomic mass is 10.1. The fourth-order valence-corrected chi connectivity index (χ4v) is 6.12. The molecular formula is C18H16ClFN4O3S2. The van der Waals surface area contributed by atoms with Gasteiger partial charge in [0.15, 0.2) is 0 Å². The molecule has 152 valence electrons. The van der Waals surface area contributed by atoms with Gasteiger partial charge in [0.25, 0.3) is 15.9 Å². The standard InChI is InChI=1S/C18H16ClFN4O3S2/c19-16-5-6-17(28-16)29(26,27)24-9-7-23(8-10-24)18(25)15-11-14(21-22-15)12-1-3-13(20)4-2-12/h1-6,11H,7-10H2,(H,21,22). The smallest absolute Gasteiger partial charge is 0.271 e. The second kappa shape index (κ2) is 7.86. The van der Waals surface area contributed by atoms with Crippen LogP contribution >= 0.6 is 22.9 Å². The lowest BCUT2D eigenvalue weighted by Gasteiger charge is -2.33. The highest BCUT2D eigenvalue weighted by Crippen LogP contribution is 2.28. The van der Waals surface area contributed by atoms with Crippen LogP contribution in [0, 0.1) is 5.82 Å². The summed E-state index contributed by atoms with van der Waals surface area (Å²) in [5.74, 6) is -0.611. The molecule has 0 spiro atoms. The van der Waals surface area contributed by atoms with Crippen LogP contribution in [0.25, 0.3) is 11.3 Å². The maximum absolute atomic E-state index is 13.1. The minimum atomic E-state index is -3.61. The third kappa shape index (κ3) is 4.06. The third-order valence-electron chi connectivity index (χ3n) is 4.62. The topological polar surface area (TPSA) is 86.4 Å². The lowest BCUT2D eigenvalue weighted by Crippen LogP contribution is -2.50. The molecule has 1 N–H and O–H groups in total. The molecule has 1 aliphatic rings. The van der Waals surface area contributed by atoms with Crippen LogP contribution in [-0.2, 0) is 10.0 Å². The van der Waals surface area contributed by atoms with E-state index in [0.717, 1.165) is 11.3 Å². The van der Waals surface area contributed by atoms with Crippen molar-refractivity contribution in [2.45, 2.75) is 4.21 Å². The van der Waals surface area contributed by atoms with Crippen molar-refractivity contribution in [2.75, 3.05) is 26.2 Å². The van der Waals surface area contributed by atoms with Crippen molar-refractivity contribution in [1.29, 1.82) is 0 Å². The molecule has 1 saturated heterocycles. The lowest BCUT2D eigenvalue weighted by molar-refractivity contribution is 0.0692. The molecule has 0 unspecified atom stereocenters. The van der Waals surface area contributed by atoms with Gasteiger partial charge < -0.3 is 4.90 Å². The molecule has 0 atom stereocenters. The number of aromatic nitrogens is 2. The predicted molar refractivity (Wildman–Crippen MR) is 108 cm³/mol. The summed E-state index contributed by atoms with van der Waals surface area (Å²) in [5.41, 5.74) is 1.52. The first-order valence-electron chi connectivity index (χ1n) is 8.71. The van der Waals surface area contributed by atoms with Gasteiger partial charge in [-0.1, -0.05) is 11.6 Å². The number of sulfonamides is 1. The van der Waals surface area contributed by atoms with Gasteiger partial charge in [-0.15, -0.1) is 11.3 Å². The molecule has 1 amide bonds. The number of carbonyl (C=O) groups is 1. The number of H-pyrrole nitrogens is 1. The van der Waals surface area contributed by atoms with E-state index in [4.69, 9.17) is 11.6 Å². The average Bonchev–Trinajstić information content (AvgIpc) is 3.38. The molecule has 0 radical (unpaired) electrons. The van der Waals surface area contributed by atoms with Crippen molar-refractivity contribution in [3.8, 4) is 11.3 Å². The van der Waals surface area contributed by atoms with Crippen molar-refractivity contribution in [3.63, 3.8) is 0 Å². The molecule has 2 aromatic heterocycles. The fourth-order valence-electron chi connectivity index (χ4n) is 3.07. The van der Waals surface area contributed by atoms with Crippen LogP contribution in [0.1, 0.15) is 10.5 Å². The number of hydrogen-bond acceptors (Lipinski definition) is 5. The number of amides is 1. The van der Waals surface area contributed by atoms with Crippen LogP contribution in [0.5, 0.6) is 0 Å². The summed E-state index contributed by atoms with van der Waals surface area (Å²) in [5, 5.41) is 6.82. The Balaban J connectivity index is 1.42. The Morgan fingerprint density at radius 2 is 1.79 bits per heavy atom. The monoisotopic (exact) mass is 454 g/mol. The summed E-state index contributed by atoms with van der Waals surface area (Å²) in [6.45, 7) is 0.926. The van der Waals surface area contributed by atoms with E-state index >= 15 is 0 Å². The molecule has 1 aromatic carbocycles. The molecule has 1 aliphatic heterocycles. The minimum absolute atomic E-state index is 0.194. The van der Waals surface area contributed by atoms with Crippen molar-refractivity contribution < 1.29 is 17.6 Å². The molecule has 4 rings (SSSR count). The number of aromatic amines is 1. The Morgan fingerprint density at radius 1 is 1.10 bits per heavy atom. The third-order valence-corrected chi connectivity index (χ3v) is 8.21. The van der Waals surface area contributed by atoms with Gasteiger partial charge in [0.2, 0.25) is 0 Å². The summed E-state index contributed by atoms with van der Waals surface area (Å²) in [7, 11) is -3.61. The van der Waals surface area contributed by atoms with E-state index in [1.54, 1.807) is 29.2 Å². The van der Waals surface area contributed by atoms with E-state index in [9.17, 15) is 17.6 Å². The summed E-state index contributed by atoms with van der Waals surface area (Å²) >= 11 is 6.86.